The molecule has 2 unspecified atom stereocenters. The van der Waals surface area contributed by atoms with E-state index in [0.29, 0.717) is 6.54 Å². The van der Waals surface area contributed by atoms with E-state index in [1.54, 1.807) is 12.0 Å². The highest BCUT2D eigenvalue weighted by atomic mass is 35.5. The maximum atomic E-state index is 12.3. The number of hydrogen-bond acceptors (Lipinski definition) is 3. The lowest BCUT2D eigenvalue weighted by atomic mass is 9.96. The Morgan fingerprint density at radius 3 is 2.59 bits per heavy atom. The summed E-state index contributed by atoms with van der Waals surface area (Å²) in [5.74, 6) is 0.230. The zero-order chi connectivity index (χ0) is 16.5. The highest BCUT2D eigenvalue weighted by Gasteiger charge is 2.38. The average Bonchev–Trinajstić information content (AvgIpc) is 2.84. The van der Waals surface area contributed by atoms with Crippen molar-refractivity contribution in [3.63, 3.8) is 0 Å². The molecule has 1 fully saturated rings. The minimum absolute atomic E-state index is 0.230. The summed E-state index contributed by atoms with van der Waals surface area (Å²) in [5, 5.41) is 0.758. The topological polar surface area (TPSA) is 38.8 Å². The number of amides is 1. The number of halogens is 1. The van der Waals surface area contributed by atoms with Crippen LogP contribution in [0.2, 0.25) is 5.02 Å². The quantitative estimate of drug-likeness (QED) is 0.811. The minimum atomic E-state index is -0.510. The fraction of sp³-hybridized carbons (Fsp3) is 0.588. The van der Waals surface area contributed by atoms with Crippen LogP contribution in [0.25, 0.3) is 0 Å². The van der Waals surface area contributed by atoms with E-state index in [9.17, 15) is 4.79 Å². The molecule has 2 rings (SSSR count). The van der Waals surface area contributed by atoms with Gasteiger partial charge in [-0.3, -0.25) is 4.90 Å². The molecule has 0 N–H and O–H groups in total. The van der Waals surface area contributed by atoms with Crippen molar-refractivity contribution in [1.29, 1.82) is 0 Å². The third-order valence-corrected chi connectivity index (χ3v) is 4.23. The fourth-order valence-corrected chi connectivity index (χ4v) is 2.82. The lowest BCUT2D eigenvalue weighted by molar-refractivity contribution is -0.0305. The third kappa shape index (κ3) is 3.93. The van der Waals surface area contributed by atoms with Gasteiger partial charge in [-0.15, -0.1) is 0 Å². The van der Waals surface area contributed by atoms with Gasteiger partial charge in [0.1, 0.15) is 11.8 Å². The standard InChI is InChI=1S/C17H24ClNO3/c1-11-8-12(6-7-14(11)18)13-9-15(21-5)19(10-13)16(20)22-17(2,3)4/h6-8,13,15H,9-10H2,1-5H3. The molecule has 0 radical (unpaired) electrons. The number of carbonyl (C=O) groups is 1. The Balaban J connectivity index is 2.14. The maximum absolute atomic E-state index is 12.3. The molecule has 122 valence electrons. The first-order valence-electron chi connectivity index (χ1n) is 7.49. The van der Waals surface area contributed by atoms with Crippen LogP contribution in [0.1, 0.15) is 44.2 Å². The van der Waals surface area contributed by atoms with Crippen LogP contribution in [0.3, 0.4) is 0 Å². The number of hydrogen-bond donors (Lipinski definition) is 0. The predicted molar refractivity (Wildman–Crippen MR) is 87.3 cm³/mol. The van der Waals surface area contributed by atoms with Crippen LogP contribution in [0, 0.1) is 6.92 Å². The average molecular weight is 326 g/mol. The molecule has 5 heteroatoms. The number of benzene rings is 1. The van der Waals surface area contributed by atoms with Crippen LogP contribution in [0.4, 0.5) is 4.79 Å². The number of likely N-dealkylation sites (tertiary alicyclic amines) is 1. The van der Waals surface area contributed by atoms with E-state index in [0.717, 1.165) is 17.0 Å². The van der Waals surface area contributed by atoms with Gasteiger partial charge in [0.25, 0.3) is 0 Å². The van der Waals surface area contributed by atoms with Gasteiger partial charge >= 0.3 is 6.09 Å². The molecule has 0 aromatic heterocycles. The summed E-state index contributed by atoms with van der Waals surface area (Å²) in [4.78, 5) is 14.0. The Kier molecular flexibility index (Phi) is 5.03. The van der Waals surface area contributed by atoms with Crippen molar-refractivity contribution in [2.24, 2.45) is 0 Å². The Bertz CT molecular complexity index is 553. The first-order valence-corrected chi connectivity index (χ1v) is 7.87. The van der Waals surface area contributed by atoms with Gasteiger partial charge in [-0.2, -0.15) is 0 Å². The van der Waals surface area contributed by atoms with Crippen LogP contribution < -0.4 is 0 Å². The van der Waals surface area contributed by atoms with Crippen LogP contribution >= 0.6 is 11.6 Å². The van der Waals surface area contributed by atoms with Gasteiger partial charge in [0.15, 0.2) is 0 Å². The number of carbonyl (C=O) groups excluding carboxylic acids is 1. The molecule has 1 aromatic carbocycles. The summed E-state index contributed by atoms with van der Waals surface area (Å²) >= 11 is 6.09. The molecule has 2 atom stereocenters. The smallest absolute Gasteiger partial charge is 0.412 e. The summed E-state index contributed by atoms with van der Waals surface area (Å²) in [6, 6.07) is 6.01. The predicted octanol–water partition coefficient (Wildman–Crippen LogP) is 4.35. The number of methoxy groups -OCH3 is 1. The van der Waals surface area contributed by atoms with Crippen molar-refractivity contribution < 1.29 is 14.3 Å². The molecule has 0 bridgehead atoms. The van der Waals surface area contributed by atoms with E-state index < -0.39 is 5.60 Å². The van der Waals surface area contributed by atoms with Gasteiger partial charge in [0.2, 0.25) is 0 Å². The normalized spacial score (nSPS) is 22.0. The summed E-state index contributed by atoms with van der Waals surface area (Å²) in [6.45, 7) is 8.17. The minimum Gasteiger partial charge on any atom is -0.444 e. The summed E-state index contributed by atoms with van der Waals surface area (Å²) in [6.07, 6.45) is 0.181. The molecule has 1 aromatic rings. The Labute approximate surface area is 137 Å². The molecule has 0 spiro atoms. The summed E-state index contributed by atoms with van der Waals surface area (Å²) in [5.41, 5.74) is 1.71. The molecule has 1 amide bonds. The lowest BCUT2D eigenvalue weighted by Gasteiger charge is -2.27. The second-order valence-corrected chi connectivity index (χ2v) is 7.17. The number of nitrogens with zero attached hydrogens (tertiary/aromatic N) is 1. The maximum Gasteiger partial charge on any atom is 0.412 e. The van der Waals surface area contributed by atoms with Crippen LogP contribution in [0.5, 0.6) is 0 Å². The molecule has 0 saturated carbocycles. The van der Waals surface area contributed by atoms with E-state index in [2.05, 4.69) is 6.07 Å². The van der Waals surface area contributed by atoms with E-state index in [1.807, 2.05) is 39.8 Å². The van der Waals surface area contributed by atoms with Gasteiger partial charge in [-0.05, 0) is 44.9 Å². The van der Waals surface area contributed by atoms with Gasteiger partial charge in [0.05, 0.1) is 0 Å². The second-order valence-electron chi connectivity index (χ2n) is 6.76. The lowest BCUT2D eigenvalue weighted by Crippen LogP contribution is -2.40. The molecule has 22 heavy (non-hydrogen) atoms. The van der Waals surface area contributed by atoms with Gasteiger partial charge in [0, 0.05) is 31.0 Å². The third-order valence-electron chi connectivity index (χ3n) is 3.80. The fourth-order valence-electron chi connectivity index (χ4n) is 2.70. The molecular formula is C17H24ClNO3. The second kappa shape index (κ2) is 6.47. The van der Waals surface area contributed by atoms with Crippen molar-refractivity contribution in [2.45, 2.75) is 51.9 Å². The Hall–Kier alpha value is -1.26. The summed E-state index contributed by atoms with van der Waals surface area (Å²) in [7, 11) is 1.62. The monoisotopic (exact) mass is 325 g/mol. The molecule has 4 nitrogen and oxygen atoms in total. The van der Waals surface area contributed by atoms with Crippen molar-refractivity contribution in [3.05, 3.63) is 34.3 Å². The SMILES string of the molecule is COC1CC(c2ccc(Cl)c(C)c2)CN1C(=O)OC(C)(C)C. The number of aryl methyl sites for hydroxylation is 1. The Morgan fingerprint density at radius 1 is 1.36 bits per heavy atom. The zero-order valence-corrected chi connectivity index (χ0v) is 14.6. The van der Waals surface area contributed by atoms with E-state index in [1.165, 1.54) is 5.56 Å². The number of ether oxygens (including phenoxy) is 2. The molecular weight excluding hydrogens is 302 g/mol. The summed E-state index contributed by atoms with van der Waals surface area (Å²) < 4.78 is 10.9. The van der Waals surface area contributed by atoms with E-state index in [-0.39, 0.29) is 18.2 Å². The van der Waals surface area contributed by atoms with E-state index >= 15 is 0 Å². The van der Waals surface area contributed by atoms with Crippen molar-refractivity contribution in [2.75, 3.05) is 13.7 Å². The van der Waals surface area contributed by atoms with Crippen molar-refractivity contribution in [3.8, 4) is 0 Å². The molecule has 0 aliphatic carbocycles. The highest BCUT2D eigenvalue weighted by molar-refractivity contribution is 6.31. The highest BCUT2D eigenvalue weighted by Crippen LogP contribution is 2.34. The van der Waals surface area contributed by atoms with Gasteiger partial charge in [-0.1, -0.05) is 23.7 Å². The van der Waals surface area contributed by atoms with Crippen molar-refractivity contribution in [1.82, 2.24) is 4.90 Å². The van der Waals surface area contributed by atoms with Crippen molar-refractivity contribution >= 4 is 17.7 Å². The Morgan fingerprint density at radius 2 is 2.05 bits per heavy atom. The number of rotatable bonds is 2. The van der Waals surface area contributed by atoms with Crippen LogP contribution in [0.15, 0.2) is 18.2 Å². The van der Waals surface area contributed by atoms with E-state index in [4.69, 9.17) is 21.1 Å². The van der Waals surface area contributed by atoms with Gasteiger partial charge < -0.3 is 9.47 Å². The largest absolute Gasteiger partial charge is 0.444 e. The molecule has 1 saturated heterocycles. The zero-order valence-electron chi connectivity index (χ0n) is 13.9. The van der Waals surface area contributed by atoms with Gasteiger partial charge in [-0.25, -0.2) is 4.79 Å². The van der Waals surface area contributed by atoms with Crippen LogP contribution in [-0.2, 0) is 9.47 Å². The molecule has 1 aliphatic heterocycles. The first-order chi connectivity index (χ1) is 10.2. The van der Waals surface area contributed by atoms with Crippen LogP contribution in [-0.4, -0.2) is 36.5 Å². The molecule has 1 heterocycles. The molecule has 1 aliphatic rings. The first kappa shape index (κ1) is 17.1.